The van der Waals surface area contributed by atoms with E-state index in [1.807, 2.05) is 49.4 Å². The van der Waals surface area contributed by atoms with Crippen LogP contribution in [0.5, 0.6) is 0 Å². The number of benzene rings is 1. The van der Waals surface area contributed by atoms with E-state index in [0.717, 1.165) is 9.13 Å². The van der Waals surface area contributed by atoms with Gasteiger partial charge in [-0.2, -0.15) is 0 Å². The van der Waals surface area contributed by atoms with Crippen LogP contribution in [0.2, 0.25) is 0 Å². The van der Waals surface area contributed by atoms with Gasteiger partial charge in [0.25, 0.3) is 0 Å². The Hall–Kier alpha value is -1.74. The van der Waals surface area contributed by atoms with Crippen molar-refractivity contribution >= 4 is 60.8 Å². The number of pyridine rings is 1. The Balaban J connectivity index is 2.22. The first-order valence-corrected chi connectivity index (χ1v) is 9.45. The summed E-state index contributed by atoms with van der Waals surface area (Å²) in [4.78, 5) is 16.9. The third kappa shape index (κ3) is 3.48. The third-order valence-electron chi connectivity index (χ3n) is 3.79. The zero-order valence-electron chi connectivity index (χ0n) is 13.9. The minimum absolute atomic E-state index is 0.135. The van der Waals surface area contributed by atoms with Gasteiger partial charge in [0, 0.05) is 15.2 Å². The van der Waals surface area contributed by atoms with Crippen molar-refractivity contribution in [1.29, 1.82) is 0 Å². The molecule has 3 rings (SSSR count). The Bertz CT molecular complexity index is 979. The van der Waals surface area contributed by atoms with E-state index in [-0.39, 0.29) is 16.7 Å². The van der Waals surface area contributed by atoms with E-state index in [0.29, 0.717) is 15.2 Å². The Morgan fingerprint density at radius 2 is 2.04 bits per heavy atom. The number of aromatic nitrogens is 1. The summed E-state index contributed by atoms with van der Waals surface area (Å²) in [5.41, 5.74) is 1.04. The summed E-state index contributed by atoms with van der Waals surface area (Å²) in [6, 6.07) is 6.61. The molecule has 7 heteroatoms. The topological polar surface area (TPSA) is 62.2 Å². The fraction of sp³-hybridized carbons (Fsp3) is 0.222. The van der Waals surface area contributed by atoms with Gasteiger partial charge in [0.1, 0.15) is 21.2 Å². The molecule has 2 heterocycles. The molecule has 0 saturated carbocycles. The van der Waals surface area contributed by atoms with Crippen molar-refractivity contribution in [2.24, 2.45) is 0 Å². The quantitative estimate of drug-likeness (QED) is 0.477. The molecule has 3 aromatic rings. The molecule has 0 aliphatic carbocycles. The van der Waals surface area contributed by atoms with E-state index in [4.69, 9.17) is 0 Å². The molecule has 2 aromatic heterocycles. The van der Waals surface area contributed by atoms with Crippen LogP contribution < -0.4 is 5.32 Å². The number of nitrogens with zero attached hydrogens (tertiary/aromatic N) is 1. The number of hydrogen-bond acceptors (Lipinski definition) is 4. The van der Waals surface area contributed by atoms with Crippen molar-refractivity contribution in [2.75, 3.05) is 5.32 Å². The largest absolute Gasteiger partial charge is 0.478 e. The highest BCUT2D eigenvalue weighted by atomic mass is 127. The lowest BCUT2D eigenvalue weighted by Gasteiger charge is -2.20. The fourth-order valence-corrected chi connectivity index (χ4v) is 4.18. The van der Waals surface area contributed by atoms with Gasteiger partial charge in [0.15, 0.2) is 0 Å². The van der Waals surface area contributed by atoms with Crippen LogP contribution in [-0.2, 0) is 5.41 Å². The molecule has 0 radical (unpaired) electrons. The molecule has 4 nitrogen and oxygen atoms in total. The average molecular weight is 470 g/mol. The second-order valence-corrected chi connectivity index (χ2v) is 8.89. The van der Waals surface area contributed by atoms with Gasteiger partial charge in [-0.25, -0.2) is 14.2 Å². The second kappa shape index (κ2) is 6.53. The van der Waals surface area contributed by atoms with Gasteiger partial charge >= 0.3 is 5.97 Å². The Morgan fingerprint density at radius 3 is 2.64 bits per heavy atom. The molecule has 0 atom stereocenters. The summed E-state index contributed by atoms with van der Waals surface area (Å²) in [7, 11) is 0. The smallest absolute Gasteiger partial charge is 0.339 e. The second-order valence-electron chi connectivity index (χ2n) is 6.65. The maximum Gasteiger partial charge on any atom is 0.339 e. The summed E-state index contributed by atoms with van der Waals surface area (Å²) in [5, 5.41) is 13.7. The Kier molecular flexibility index (Phi) is 4.72. The minimum Gasteiger partial charge on any atom is -0.478 e. The minimum atomic E-state index is -1.06. The number of carboxylic acid groups (broad SMARTS) is 1. The van der Waals surface area contributed by atoms with Gasteiger partial charge < -0.3 is 10.4 Å². The zero-order chi connectivity index (χ0) is 18.4. The van der Waals surface area contributed by atoms with Gasteiger partial charge in [-0.1, -0.05) is 32.1 Å². The highest BCUT2D eigenvalue weighted by Crippen LogP contribution is 2.41. The van der Waals surface area contributed by atoms with Gasteiger partial charge in [-0.3, -0.25) is 0 Å². The molecule has 0 bridgehead atoms. The number of carboxylic acids is 1. The first-order valence-electron chi connectivity index (χ1n) is 7.56. The van der Waals surface area contributed by atoms with Crippen molar-refractivity contribution in [3.63, 3.8) is 0 Å². The third-order valence-corrected chi connectivity index (χ3v) is 5.48. The lowest BCUT2D eigenvalue weighted by atomic mass is 9.85. The number of thiophene rings is 1. The van der Waals surface area contributed by atoms with Crippen molar-refractivity contribution in [3.8, 4) is 0 Å². The van der Waals surface area contributed by atoms with E-state index in [1.165, 1.54) is 17.4 Å². The van der Waals surface area contributed by atoms with E-state index >= 15 is 0 Å². The number of halogens is 2. The number of aromatic carboxylic acids is 1. The number of fused-ring (bicyclic) bond motifs is 1. The lowest BCUT2D eigenvalue weighted by molar-refractivity contribution is 0.0700. The van der Waals surface area contributed by atoms with Crippen LogP contribution in [0.15, 0.2) is 30.5 Å². The van der Waals surface area contributed by atoms with Crippen LogP contribution in [0.25, 0.3) is 10.2 Å². The molecule has 0 aliphatic rings. The molecule has 2 N–H and O–H groups in total. The summed E-state index contributed by atoms with van der Waals surface area (Å²) in [5.74, 6) is -1.48. The molecule has 0 spiro atoms. The number of hydrogen-bond donors (Lipinski definition) is 2. The van der Waals surface area contributed by atoms with Crippen molar-refractivity contribution in [2.45, 2.75) is 26.2 Å². The van der Waals surface area contributed by atoms with Crippen LogP contribution in [-0.4, -0.2) is 16.1 Å². The van der Waals surface area contributed by atoms with Crippen molar-refractivity contribution < 1.29 is 14.3 Å². The van der Waals surface area contributed by atoms with Gasteiger partial charge in [-0.15, -0.1) is 0 Å². The summed E-state index contributed by atoms with van der Waals surface area (Å²) >= 11 is 3.24. The molecule has 1 aromatic carbocycles. The van der Waals surface area contributed by atoms with Crippen LogP contribution in [0.3, 0.4) is 0 Å². The fourth-order valence-electron chi connectivity index (χ4n) is 2.65. The molecule has 0 unspecified atom stereocenters. The number of rotatable bonds is 3. The van der Waals surface area contributed by atoms with Crippen LogP contribution in [0, 0.1) is 9.39 Å². The lowest BCUT2D eigenvalue weighted by Crippen LogP contribution is -2.13. The number of nitrogens with one attached hydrogen (secondary N) is 1. The average Bonchev–Trinajstić information content (AvgIpc) is 2.86. The first-order chi connectivity index (χ1) is 11.7. The molecular weight excluding hydrogens is 454 g/mol. The molecule has 0 aliphatic heterocycles. The van der Waals surface area contributed by atoms with Crippen molar-refractivity contribution in [1.82, 2.24) is 4.98 Å². The highest BCUT2D eigenvalue weighted by Gasteiger charge is 2.26. The standard InChI is InChI=1S/C18H16FIN2O2S/c1-18(2,3)10-6-7-21-15-13(10)14(17(23)24)16(25-15)22-12-5-4-9(20)8-11(12)19/h4-8,22H,1-3H3,(H,23,24). The molecule has 0 fully saturated rings. The highest BCUT2D eigenvalue weighted by molar-refractivity contribution is 14.1. The van der Waals surface area contributed by atoms with E-state index in [1.54, 1.807) is 18.3 Å². The van der Waals surface area contributed by atoms with Gasteiger partial charge in [0.05, 0.1) is 5.69 Å². The maximum absolute atomic E-state index is 14.2. The first kappa shape index (κ1) is 18.1. The van der Waals surface area contributed by atoms with Gasteiger partial charge in [-0.05, 0) is 57.8 Å². The van der Waals surface area contributed by atoms with Crippen LogP contribution in [0.4, 0.5) is 15.1 Å². The summed E-state index contributed by atoms with van der Waals surface area (Å²) < 4.78 is 14.9. The predicted octanol–water partition coefficient (Wildman–Crippen LogP) is 5.78. The van der Waals surface area contributed by atoms with Crippen LogP contribution in [0.1, 0.15) is 36.7 Å². The van der Waals surface area contributed by atoms with Gasteiger partial charge in [0.2, 0.25) is 0 Å². The SMILES string of the molecule is CC(C)(C)c1ccnc2sc(Nc3ccc(I)cc3F)c(C(=O)O)c12. The molecule has 25 heavy (non-hydrogen) atoms. The van der Waals surface area contributed by atoms with Crippen LogP contribution >= 0.6 is 33.9 Å². The van der Waals surface area contributed by atoms with E-state index in [2.05, 4.69) is 10.3 Å². The van der Waals surface area contributed by atoms with E-state index < -0.39 is 11.8 Å². The monoisotopic (exact) mass is 470 g/mol. The Labute approximate surface area is 162 Å². The summed E-state index contributed by atoms with van der Waals surface area (Å²) in [6.45, 7) is 6.07. The normalized spacial score (nSPS) is 11.7. The summed E-state index contributed by atoms with van der Waals surface area (Å²) in [6.07, 6.45) is 1.68. The molecule has 0 amide bonds. The van der Waals surface area contributed by atoms with E-state index in [9.17, 15) is 14.3 Å². The van der Waals surface area contributed by atoms with Crippen molar-refractivity contribution in [3.05, 3.63) is 51.0 Å². The zero-order valence-corrected chi connectivity index (χ0v) is 16.8. The predicted molar refractivity (Wildman–Crippen MR) is 108 cm³/mol. The molecular formula is C18H16FIN2O2S. The number of anilines is 2. The molecule has 0 saturated heterocycles. The number of carbonyl (C=O) groups is 1. The Morgan fingerprint density at radius 1 is 1.32 bits per heavy atom. The maximum atomic E-state index is 14.2. The molecule has 130 valence electrons.